The molecule has 0 aromatic heterocycles. The number of halogens is 1. The topological polar surface area (TPSA) is 87.5 Å². The summed E-state index contributed by atoms with van der Waals surface area (Å²) >= 11 is 3.35. The predicted octanol–water partition coefficient (Wildman–Crippen LogP) is 1.84. The van der Waals surface area contributed by atoms with Crippen molar-refractivity contribution in [2.45, 2.75) is 44.0 Å². The summed E-state index contributed by atoms with van der Waals surface area (Å²) < 4.78 is 12.0. The Kier molecular flexibility index (Phi) is 2.98. The fourth-order valence-electron chi connectivity index (χ4n) is 1.96. The van der Waals surface area contributed by atoms with Gasteiger partial charge in [-0.25, -0.2) is 0 Å². The second kappa shape index (κ2) is 4.01. The number of rotatable bonds is 1. The molecule has 1 saturated heterocycles. The average Bonchev–Trinajstić information content (AvgIpc) is 2.51. The van der Waals surface area contributed by atoms with Gasteiger partial charge in [0, 0.05) is 9.39 Å². The minimum Gasteiger partial charge on any atom is -0.390 e. The van der Waals surface area contributed by atoms with E-state index in [0.717, 1.165) is 4.48 Å². The van der Waals surface area contributed by atoms with Crippen LogP contribution in [0.4, 0.5) is 0 Å². The number of fused-ring (bicyclic) bond motifs is 1. The predicted molar refractivity (Wildman–Crippen MR) is 59.8 cm³/mol. The van der Waals surface area contributed by atoms with E-state index in [1.165, 1.54) is 0 Å². The SMILES string of the molecule is CC1(C)O[C@H]2[C@H](O)[C@@H](N=[N+]=[N-])C=C(Br)[C@H]2O1. The molecule has 0 unspecified atom stereocenters. The molecule has 1 aliphatic heterocycles. The fourth-order valence-corrected chi connectivity index (χ4v) is 2.59. The summed E-state index contributed by atoms with van der Waals surface area (Å²) in [5.74, 6) is -0.742. The van der Waals surface area contributed by atoms with Crippen molar-refractivity contribution in [3.8, 4) is 0 Å². The standard InChI is InChI=1S/C9H12BrN3O3/c1-9(2)15-7-4(10)3-5(12-13-11)6(14)8(7)16-9/h3,5-8,14H,1-2H3/t5-,6+,7+,8-/m0/s1. The molecule has 1 aliphatic carbocycles. The van der Waals surface area contributed by atoms with E-state index < -0.39 is 24.0 Å². The summed E-state index contributed by atoms with van der Waals surface area (Å²) in [6, 6.07) is -0.627. The van der Waals surface area contributed by atoms with Crippen LogP contribution in [0.2, 0.25) is 0 Å². The Hall–Kier alpha value is -0.590. The maximum atomic E-state index is 9.98. The molecule has 2 rings (SSSR count). The first-order chi connectivity index (χ1) is 7.44. The first-order valence-electron chi connectivity index (χ1n) is 4.90. The molecule has 1 N–H and O–H groups in total. The second-order valence-electron chi connectivity index (χ2n) is 4.26. The molecular formula is C9H12BrN3O3. The second-order valence-corrected chi connectivity index (χ2v) is 5.17. The first kappa shape index (κ1) is 11.9. The lowest BCUT2D eigenvalue weighted by atomic mass is 9.95. The summed E-state index contributed by atoms with van der Waals surface area (Å²) in [6.45, 7) is 3.56. The first-order valence-corrected chi connectivity index (χ1v) is 5.69. The van der Waals surface area contributed by atoms with Crippen molar-refractivity contribution in [2.24, 2.45) is 5.11 Å². The van der Waals surface area contributed by atoms with Crippen molar-refractivity contribution in [1.29, 1.82) is 0 Å². The monoisotopic (exact) mass is 289 g/mol. The van der Waals surface area contributed by atoms with Crippen LogP contribution in [-0.2, 0) is 9.47 Å². The van der Waals surface area contributed by atoms with E-state index in [1.54, 1.807) is 19.9 Å². The molecule has 4 atom stereocenters. The maximum Gasteiger partial charge on any atom is 0.164 e. The number of aliphatic hydroxyl groups excluding tert-OH is 1. The zero-order chi connectivity index (χ0) is 11.9. The molecule has 0 spiro atoms. The Balaban J connectivity index is 2.30. The van der Waals surface area contributed by atoms with Crippen molar-refractivity contribution in [3.63, 3.8) is 0 Å². The molecule has 0 saturated carbocycles. The van der Waals surface area contributed by atoms with E-state index in [1.807, 2.05) is 0 Å². The molecular weight excluding hydrogens is 278 g/mol. The van der Waals surface area contributed by atoms with Gasteiger partial charge >= 0.3 is 0 Å². The van der Waals surface area contributed by atoms with Crippen LogP contribution in [0.15, 0.2) is 15.7 Å². The lowest BCUT2D eigenvalue weighted by Crippen LogP contribution is -2.45. The van der Waals surface area contributed by atoms with Gasteiger partial charge in [0.1, 0.15) is 12.2 Å². The molecule has 0 bridgehead atoms. The molecule has 0 amide bonds. The van der Waals surface area contributed by atoms with Crippen molar-refractivity contribution in [3.05, 3.63) is 21.0 Å². The van der Waals surface area contributed by atoms with E-state index >= 15 is 0 Å². The molecule has 88 valence electrons. The molecule has 7 heteroatoms. The minimum atomic E-state index is -0.885. The molecule has 1 fully saturated rings. The Morgan fingerprint density at radius 3 is 2.88 bits per heavy atom. The van der Waals surface area contributed by atoms with Crippen LogP contribution in [0.5, 0.6) is 0 Å². The Labute approximate surface area is 101 Å². The summed E-state index contributed by atoms with van der Waals surface area (Å²) in [6.07, 6.45) is -0.0833. The highest BCUT2D eigenvalue weighted by Gasteiger charge is 2.50. The van der Waals surface area contributed by atoms with Crippen molar-refractivity contribution >= 4 is 15.9 Å². The highest BCUT2D eigenvalue weighted by atomic mass is 79.9. The van der Waals surface area contributed by atoms with E-state index in [-0.39, 0.29) is 6.10 Å². The number of azide groups is 1. The van der Waals surface area contributed by atoms with Gasteiger partial charge in [-0.15, -0.1) is 0 Å². The summed E-state index contributed by atoms with van der Waals surface area (Å²) in [4.78, 5) is 2.70. The third-order valence-corrected chi connectivity index (χ3v) is 3.32. The molecule has 0 aromatic rings. The maximum absolute atomic E-state index is 9.98. The van der Waals surface area contributed by atoms with Gasteiger partial charge in [0.25, 0.3) is 0 Å². The van der Waals surface area contributed by atoms with Crippen LogP contribution in [0.3, 0.4) is 0 Å². The third-order valence-electron chi connectivity index (χ3n) is 2.60. The number of hydrogen-bond acceptors (Lipinski definition) is 4. The summed E-state index contributed by atoms with van der Waals surface area (Å²) in [5.41, 5.74) is 8.40. The van der Waals surface area contributed by atoms with Gasteiger partial charge in [-0.3, -0.25) is 0 Å². The highest BCUT2D eigenvalue weighted by Crippen LogP contribution is 2.40. The van der Waals surface area contributed by atoms with Gasteiger partial charge in [0.05, 0.1) is 12.1 Å². The highest BCUT2D eigenvalue weighted by molar-refractivity contribution is 9.11. The van der Waals surface area contributed by atoms with Gasteiger partial charge in [0.2, 0.25) is 0 Å². The molecule has 0 aromatic carbocycles. The molecule has 6 nitrogen and oxygen atoms in total. The zero-order valence-corrected chi connectivity index (χ0v) is 10.5. The fraction of sp³-hybridized carbons (Fsp3) is 0.778. The summed E-state index contributed by atoms with van der Waals surface area (Å²) in [5, 5.41) is 13.5. The average molecular weight is 290 g/mol. The lowest BCUT2D eigenvalue weighted by Gasteiger charge is -2.29. The van der Waals surface area contributed by atoms with Gasteiger partial charge in [0.15, 0.2) is 5.79 Å². The normalized spacial score (nSPS) is 40.9. The van der Waals surface area contributed by atoms with E-state index in [0.29, 0.717) is 0 Å². The Morgan fingerprint density at radius 1 is 1.56 bits per heavy atom. The number of hydrogen-bond donors (Lipinski definition) is 1. The quantitative estimate of drug-likeness (QED) is 0.454. The van der Waals surface area contributed by atoms with Crippen LogP contribution in [0, 0.1) is 0 Å². The van der Waals surface area contributed by atoms with Crippen molar-refractivity contribution in [2.75, 3.05) is 0 Å². The minimum absolute atomic E-state index is 0.338. The van der Waals surface area contributed by atoms with E-state index in [9.17, 15) is 5.11 Å². The Bertz CT molecular complexity index is 378. The Morgan fingerprint density at radius 2 is 2.25 bits per heavy atom. The lowest BCUT2D eigenvalue weighted by molar-refractivity contribution is -0.153. The van der Waals surface area contributed by atoms with Crippen LogP contribution < -0.4 is 0 Å². The van der Waals surface area contributed by atoms with Crippen LogP contribution in [0.25, 0.3) is 10.4 Å². The zero-order valence-electron chi connectivity index (χ0n) is 8.87. The third kappa shape index (κ3) is 1.97. The molecule has 16 heavy (non-hydrogen) atoms. The molecule has 1 heterocycles. The van der Waals surface area contributed by atoms with Gasteiger partial charge in [-0.2, -0.15) is 0 Å². The van der Waals surface area contributed by atoms with E-state index in [4.69, 9.17) is 15.0 Å². The number of aliphatic hydroxyl groups is 1. The smallest absolute Gasteiger partial charge is 0.164 e. The molecule has 0 radical (unpaired) electrons. The van der Waals surface area contributed by atoms with Gasteiger partial charge in [-0.05, 0) is 19.4 Å². The van der Waals surface area contributed by atoms with E-state index in [2.05, 4.69) is 26.0 Å². The van der Waals surface area contributed by atoms with Gasteiger partial charge in [-0.1, -0.05) is 27.1 Å². The van der Waals surface area contributed by atoms with Crippen molar-refractivity contribution in [1.82, 2.24) is 0 Å². The molecule has 2 aliphatic rings. The largest absolute Gasteiger partial charge is 0.390 e. The number of ether oxygens (including phenoxy) is 2. The van der Waals surface area contributed by atoms with Gasteiger partial charge < -0.3 is 14.6 Å². The number of nitrogens with zero attached hydrogens (tertiary/aromatic N) is 3. The van der Waals surface area contributed by atoms with Crippen molar-refractivity contribution < 1.29 is 14.6 Å². The summed E-state index contributed by atoms with van der Waals surface area (Å²) in [7, 11) is 0. The van der Waals surface area contributed by atoms with Crippen LogP contribution in [-0.4, -0.2) is 35.2 Å². The van der Waals surface area contributed by atoms with Crippen LogP contribution in [0.1, 0.15) is 13.8 Å². The van der Waals surface area contributed by atoms with Crippen LogP contribution >= 0.6 is 15.9 Å².